The predicted octanol–water partition coefficient (Wildman–Crippen LogP) is 3.72. The highest BCUT2D eigenvalue weighted by atomic mass is 32.2. The van der Waals surface area contributed by atoms with Gasteiger partial charge in [-0.2, -0.15) is 0 Å². The van der Waals surface area contributed by atoms with E-state index >= 15 is 0 Å². The van der Waals surface area contributed by atoms with Crippen LogP contribution in [0.3, 0.4) is 0 Å². The second-order valence-electron chi connectivity index (χ2n) is 7.20. The number of aryl methyl sites for hydroxylation is 2. The molecule has 0 spiro atoms. The first-order valence-corrected chi connectivity index (χ1v) is 10.9. The number of hydrogen-bond donors (Lipinski definition) is 1. The number of amides is 1. The lowest BCUT2D eigenvalue weighted by molar-refractivity contribution is 0.0940. The molecular formula is C21H26N2O3S. The van der Waals surface area contributed by atoms with Crippen LogP contribution in [-0.2, 0) is 10.0 Å². The van der Waals surface area contributed by atoms with Crippen molar-refractivity contribution in [2.45, 2.75) is 39.7 Å². The third-order valence-corrected chi connectivity index (χ3v) is 6.86. The molecule has 1 saturated heterocycles. The molecule has 1 aliphatic heterocycles. The Morgan fingerprint density at radius 3 is 2.63 bits per heavy atom. The molecule has 0 aromatic heterocycles. The van der Waals surface area contributed by atoms with Crippen molar-refractivity contribution in [2.24, 2.45) is 0 Å². The van der Waals surface area contributed by atoms with Gasteiger partial charge >= 0.3 is 0 Å². The van der Waals surface area contributed by atoms with Gasteiger partial charge in [0, 0.05) is 12.1 Å². The maximum absolute atomic E-state index is 12.7. The first kappa shape index (κ1) is 19.4. The Labute approximate surface area is 161 Å². The summed E-state index contributed by atoms with van der Waals surface area (Å²) in [5.41, 5.74) is 4.38. The van der Waals surface area contributed by atoms with Crippen LogP contribution in [0.25, 0.3) is 0 Å². The van der Waals surface area contributed by atoms with E-state index in [0.717, 1.165) is 23.1 Å². The third kappa shape index (κ3) is 4.33. The summed E-state index contributed by atoms with van der Waals surface area (Å²) in [4.78, 5) is 12.7. The lowest BCUT2D eigenvalue weighted by Crippen LogP contribution is -2.38. The second-order valence-corrected chi connectivity index (χ2v) is 9.21. The molecule has 3 rings (SSSR count). The quantitative estimate of drug-likeness (QED) is 0.871. The van der Waals surface area contributed by atoms with E-state index in [-0.39, 0.29) is 17.7 Å². The van der Waals surface area contributed by atoms with Gasteiger partial charge in [0.1, 0.15) is 0 Å². The molecule has 144 valence electrons. The van der Waals surface area contributed by atoms with E-state index in [0.29, 0.717) is 24.2 Å². The number of sulfonamides is 1. The van der Waals surface area contributed by atoms with Gasteiger partial charge in [-0.25, -0.2) is 8.42 Å². The minimum Gasteiger partial charge on any atom is -0.346 e. The summed E-state index contributed by atoms with van der Waals surface area (Å²) in [6.07, 6.45) is 1.52. The maximum atomic E-state index is 12.7. The van der Waals surface area contributed by atoms with Crippen LogP contribution in [0.2, 0.25) is 0 Å². The normalized spacial score (nSPS) is 17.4. The molecule has 0 radical (unpaired) electrons. The Hall–Kier alpha value is -2.34. The number of benzene rings is 2. The van der Waals surface area contributed by atoms with Gasteiger partial charge in [-0.1, -0.05) is 29.8 Å². The number of carbonyl (C=O) groups excluding carboxylic acids is 1. The van der Waals surface area contributed by atoms with Gasteiger partial charge < -0.3 is 5.32 Å². The molecule has 1 N–H and O–H groups in total. The van der Waals surface area contributed by atoms with Gasteiger partial charge in [0.05, 0.1) is 17.5 Å². The average molecular weight is 387 g/mol. The monoisotopic (exact) mass is 386 g/mol. The van der Waals surface area contributed by atoms with E-state index in [1.165, 1.54) is 4.31 Å². The maximum Gasteiger partial charge on any atom is 0.251 e. The zero-order chi connectivity index (χ0) is 19.6. The minimum atomic E-state index is -3.29. The minimum absolute atomic E-state index is 0.139. The first-order valence-electron chi connectivity index (χ1n) is 9.26. The fourth-order valence-electron chi connectivity index (χ4n) is 3.47. The zero-order valence-corrected chi connectivity index (χ0v) is 16.8. The number of rotatable bonds is 4. The fraction of sp³-hybridized carbons (Fsp3) is 0.381. The molecule has 1 fully saturated rings. The van der Waals surface area contributed by atoms with Crippen molar-refractivity contribution in [3.05, 3.63) is 64.7 Å². The Morgan fingerprint density at radius 1 is 1.11 bits per heavy atom. The molecule has 0 aliphatic carbocycles. The average Bonchev–Trinajstić information content (AvgIpc) is 2.63. The largest absolute Gasteiger partial charge is 0.346 e. The van der Waals surface area contributed by atoms with Crippen LogP contribution in [-0.4, -0.2) is 26.6 Å². The van der Waals surface area contributed by atoms with Crippen LogP contribution < -0.4 is 9.62 Å². The van der Waals surface area contributed by atoms with Crippen molar-refractivity contribution in [3.63, 3.8) is 0 Å². The van der Waals surface area contributed by atoms with Crippen LogP contribution in [0.5, 0.6) is 0 Å². The number of nitrogens with one attached hydrogen (secondary N) is 1. The van der Waals surface area contributed by atoms with E-state index in [2.05, 4.69) is 23.5 Å². The summed E-state index contributed by atoms with van der Waals surface area (Å²) in [5.74, 6) is -0.0488. The Bertz CT molecular complexity index is 954. The summed E-state index contributed by atoms with van der Waals surface area (Å²) in [5, 5.41) is 3.02. The Kier molecular flexibility index (Phi) is 5.56. The highest BCUT2D eigenvalue weighted by molar-refractivity contribution is 7.92. The van der Waals surface area contributed by atoms with Gasteiger partial charge in [0.25, 0.3) is 5.91 Å². The Morgan fingerprint density at radius 2 is 1.89 bits per heavy atom. The van der Waals surface area contributed by atoms with Gasteiger partial charge in [0.15, 0.2) is 0 Å². The van der Waals surface area contributed by atoms with Crippen LogP contribution in [0, 0.1) is 13.8 Å². The van der Waals surface area contributed by atoms with Crippen molar-refractivity contribution in [3.8, 4) is 0 Å². The van der Waals surface area contributed by atoms with Crippen molar-refractivity contribution in [1.29, 1.82) is 0 Å². The molecule has 27 heavy (non-hydrogen) atoms. The number of hydrogen-bond acceptors (Lipinski definition) is 3. The SMILES string of the molecule is Cc1ccc(C)c([C@@H](C)NC(=O)c2cccc(N3CCCCS3(=O)=O)c2)c1. The summed E-state index contributed by atoms with van der Waals surface area (Å²) in [7, 11) is -3.29. The predicted molar refractivity (Wildman–Crippen MR) is 109 cm³/mol. The molecule has 1 aliphatic rings. The lowest BCUT2D eigenvalue weighted by atomic mass is 9.99. The third-order valence-electron chi connectivity index (χ3n) is 4.99. The highest BCUT2D eigenvalue weighted by Crippen LogP contribution is 2.25. The van der Waals surface area contributed by atoms with E-state index in [1.807, 2.05) is 20.8 Å². The molecule has 1 amide bonds. The van der Waals surface area contributed by atoms with E-state index in [1.54, 1.807) is 24.3 Å². The van der Waals surface area contributed by atoms with E-state index in [9.17, 15) is 13.2 Å². The number of anilines is 1. The molecular weight excluding hydrogens is 360 g/mol. The fourth-order valence-corrected chi connectivity index (χ4v) is 5.10. The summed E-state index contributed by atoms with van der Waals surface area (Å²) < 4.78 is 26.1. The van der Waals surface area contributed by atoms with Crippen molar-refractivity contribution < 1.29 is 13.2 Å². The molecule has 5 nitrogen and oxygen atoms in total. The molecule has 0 saturated carbocycles. The van der Waals surface area contributed by atoms with Gasteiger partial charge in [-0.05, 0) is 62.9 Å². The van der Waals surface area contributed by atoms with Crippen molar-refractivity contribution in [2.75, 3.05) is 16.6 Å². The zero-order valence-electron chi connectivity index (χ0n) is 16.0. The molecule has 0 bridgehead atoms. The molecule has 1 heterocycles. The van der Waals surface area contributed by atoms with Crippen LogP contribution in [0.15, 0.2) is 42.5 Å². The first-order chi connectivity index (χ1) is 12.8. The molecule has 6 heteroatoms. The summed E-state index contributed by atoms with van der Waals surface area (Å²) in [6, 6.07) is 12.9. The lowest BCUT2D eigenvalue weighted by Gasteiger charge is -2.28. The topological polar surface area (TPSA) is 66.5 Å². The van der Waals surface area contributed by atoms with Crippen molar-refractivity contribution in [1.82, 2.24) is 5.32 Å². The van der Waals surface area contributed by atoms with Gasteiger partial charge in [-0.15, -0.1) is 0 Å². The second kappa shape index (κ2) is 7.72. The smallest absolute Gasteiger partial charge is 0.251 e. The summed E-state index contributed by atoms with van der Waals surface area (Å²) in [6.45, 7) is 6.48. The van der Waals surface area contributed by atoms with E-state index in [4.69, 9.17) is 0 Å². The van der Waals surface area contributed by atoms with Crippen molar-refractivity contribution >= 4 is 21.6 Å². The standard InChI is InChI=1S/C21H26N2O3S/c1-15-9-10-16(2)20(13-15)17(3)22-21(24)18-7-6-8-19(14-18)23-11-4-5-12-27(23,25)26/h6-10,13-14,17H,4-5,11-12H2,1-3H3,(H,22,24)/t17-/m1/s1. The summed E-state index contributed by atoms with van der Waals surface area (Å²) >= 11 is 0. The Balaban J connectivity index is 1.80. The van der Waals surface area contributed by atoms with Crippen LogP contribution >= 0.6 is 0 Å². The van der Waals surface area contributed by atoms with Crippen LogP contribution in [0.1, 0.15) is 52.9 Å². The van der Waals surface area contributed by atoms with Gasteiger partial charge in [-0.3, -0.25) is 9.10 Å². The number of carbonyl (C=O) groups is 1. The molecule has 1 atom stereocenters. The molecule has 0 unspecified atom stereocenters. The van der Waals surface area contributed by atoms with Crippen LogP contribution in [0.4, 0.5) is 5.69 Å². The molecule has 2 aromatic rings. The highest BCUT2D eigenvalue weighted by Gasteiger charge is 2.26. The number of nitrogens with zero attached hydrogens (tertiary/aromatic N) is 1. The molecule has 2 aromatic carbocycles. The van der Waals surface area contributed by atoms with Gasteiger partial charge in [0.2, 0.25) is 10.0 Å². The van der Waals surface area contributed by atoms with E-state index < -0.39 is 10.0 Å².